The van der Waals surface area contributed by atoms with Crippen LogP contribution in [0.2, 0.25) is 0 Å². The monoisotopic (exact) mass is 482 g/mol. The smallest absolute Gasteiger partial charge is 0.300 e. The van der Waals surface area contributed by atoms with Gasteiger partial charge in [-0.2, -0.15) is 0 Å². The van der Waals surface area contributed by atoms with Gasteiger partial charge in [-0.25, -0.2) is 0 Å². The number of carbonyl (C=O) groups is 2. The van der Waals surface area contributed by atoms with E-state index in [1.807, 2.05) is 38.1 Å². The number of aliphatic hydroxyl groups excluding tert-OH is 1. The van der Waals surface area contributed by atoms with E-state index in [1.165, 1.54) is 4.90 Å². The minimum absolute atomic E-state index is 0.0350. The Kier molecular flexibility index (Phi) is 5.98. The zero-order chi connectivity index (χ0) is 25.4. The maximum atomic E-state index is 13.5. The Bertz CT molecular complexity index is 1480. The van der Waals surface area contributed by atoms with E-state index >= 15 is 0 Å². The molecule has 2 heterocycles. The van der Waals surface area contributed by atoms with Gasteiger partial charge in [-0.05, 0) is 68.4 Å². The summed E-state index contributed by atoms with van der Waals surface area (Å²) in [5.41, 5.74) is 3.43. The van der Waals surface area contributed by atoms with Crippen LogP contribution in [0.5, 0.6) is 11.5 Å². The van der Waals surface area contributed by atoms with Crippen LogP contribution in [0.15, 0.2) is 78.4 Å². The molecular weight excluding hydrogens is 456 g/mol. The third-order valence-electron chi connectivity index (χ3n) is 6.45. The Morgan fingerprint density at radius 3 is 2.31 bits per heavy atom. The highest BCUT2D eigenvalue weighted by Crippen LogP contribution is 2.45. The normalized spacial score (nSPS) is 17.1. The second kappa shape index (κ2) is 9.26. The molecule has 0 saturated carbocycles. The maximum Gasteiger partial charge on any atom is 0.300 e. The van der Waals surface area contributed by atoms with E-state index in [0.29, 0.717) is 29.4 Å². The predicted molar refractivity (Wildman–Crippen MR) is 138 cm³/mol. The van der Waals surface area contributed by atoms with Crippen LogP contribution >= 0.6 is 0 Å². The molecule has 1 saturated heterocycles. The number of aromatic nitrogens is 1. The van der Waals surface area contributed by atoms with Gasteiger partial charge in [0.2, 0.25) is 0 Å². The summed E-state index contributed by atoms with van der Waals surface area (Å²) in [4.78, 5) is 31.8. The zero-order valence-corrected chi connectivity index (χ0v) is 20.2. The third-order valence-corrected chi connectivity index (χ3v) is 6.45. The number of aryl methyl sites for hydroxylation is 1. The first-order chi connectivity index (χ1) is 17.4. The number of methoxy groups -OCH3 is 1. The number of nitrogens with zero attached hydrogens (tertiary/aromatic N) is 1. The number of hydrogen-bond donors (Lipinski definition) is 2. The van der Waals surface area contributed by atoms with Crippen LogP contribution in [0.25, 0.3) is 16.7 Å². The lowest BCUT2D eigenvalue weighted by atomic mass is 9.93. The fourth-order valence-electron chi connectivity index (χ4n) is 4.80. The molecule has 1 aliphatic rings. The topological polar surface area (TPSA) is 91.9 Å². The van der Waals surface area contributed by atoms with Gasteiger partial charge in [0.25, 0.3) is 11.7 Å². The van der Waals surface area contributed by atoms with Crippen LogP contribution in [0.1, 0.15) is 29.8 Å². The van der Waals surface area contributed by atoms with Crippen LogP contribution < -0.4 is 14.4 Å². The van der Waals surface area contributed by atoms with Crippen LogP contribution in [0.4, 0.5) is 5.69 Å². The van der Waals surface area contributed by atoms with Crippen LogP contribution in [-0.2, 0) is 9.59 Å². The number of H-pyrrole nitrogens is 1. The molecular formula is C29H26N2O5. The molecule has 0 radical (unpaired) electrons. The average molecular weight is 483 g/mol. The van der Waals surface area contributed by atoms with Crippen molar-refractivity contribution in [2.24, 2.45) is 0 Å². The van der Waals surface area contributed by atoms with Gasteiger partial charge in [0.1, 0.15) is 17.3 Å². The molecule has 7 heteroatoms. The molecule has 0 bridgehead atoms. The maximum absolute atomic E-state index is 13.5. The number of nitrogens with one attached hydrogen (secondary N) is 1. The van der Waals surface area contributed by atoms with Gasteiger partial charge in [0.05, 0.1) is 25.3 Å². The van der Waals surface area contributed by atoms with E-state index in [-0.39, 0.29) is 11.3 Å². The molecule has 5 rings (SSSR count). The standard InChI is InChI=1S/C29H26N2O5/c1-4-36-21-13-9-18(10-14-21)27(32)25-26(24-17(2)30-23-8-6-5-7-22(23)24)31(29(34)28(25)33)19-11-15-20(35-3)16-12-19/h5-16,26,30,32H,4H2,1-3H3/b27-25+. The molecule has 1 unspecified atom stereocenters. The first kappa shape index (κ1) is 23.2. The van der Waals surface area contributed by atoms with E-state index in [9.17, 15) is 14.7 Å². The van der Waals surface area contributed by atoms with Crippen LogP contribution in [0, 0.1) is 6.92 Å². The molecule has 1 aliphatic heterocycles. The Hall–Kier alpha value is -4.52. The quantitative estimate of drug-likeness (QED) is 0.215. The van der Waals surface area contributed by atoms with Crippen LogP contribution in [0.3, 0.4) is 0 Å². The molecule has 1 amide bonds. The van der Waals surface area contributed by atoms with Crippen molar-refractivity contribution in [3.8, 4) is 11.5 Å². The van der Waals surface area contributed by atoms with Gasteiger partial charge in [0.15, 0.2) is 0 Å². The number of para-hydroxylation sites is 1. The number of Topliss-reactive ketones (excluding diaryl/α,β-unsaturated/α-hetero) is 1. The number of benzene rings is 3. The molecule has 1 atom stereocenters. The van der Waals surface area contributed by atoms with Crippen molar-refractivity contribution in [3.05, 3.63) is 95.2 Å². The van der Waals surface area contributed by atoms with Crippen molar-refractivity contribution in [3.63, 3.8) is 0 Å². The lowest BCUT2D eigenvalue weighted by molar-refractivity contribution is -0.132. The number of aromatic amines is 1. The number of ketones is 1. The van der Waals surface area contributed by atoms with Crippen molar-refractivity contribution in [1.82, 2.24) is 4.98 Å². The fraction of sp³-hybridized carbons (Fsp3) is 0.172. The first-order valence-corrected chi connectivity index (χ1v) is 11.7. The average Bonchev–Trinajstić information content (AvgIpc) is 3.36. The SMILES string of the molecule is CCOc1ccc(/C(O)=C2\C(=O)C(=O)N(c3ccc(OC)cc3)C2c2c(C)[nH]c3ccccc23)cc1. The lowest BCUT2D eigenvalue weighted by Crippen LogP contribution is -2.29. The molecule has 36 heavy (non-hydrogen) atoms. The van der Waals surface area contributed by atoms with Crippen molar-refractivity contribution < 1.29 is 24.2 Å². The third kappa shape index (κ3) is 3.79. The summed E-state index contributed by atoms with van der Waals surface area (Å²) in [6, 6.07) is 20.6. The van der Waals surface area contributed by atoms with Crippen molar-refractivity contribution in [2.45, 2.75) is 19.9 Å². The van der Waals surface area contributed by atoms with Gasteiger partial charge in [0, 0.05) is 33.4 Å². The summed E-state index contributed by atoms with van der Waals surface area (Å²) in [5, 5.41) is 12.3. The Balaban J connectivity index is 1.74. The minimum Gasteiger partial charge on any atom is -0.507 e. The van der Waals surface area contributed by atoms with Crippen LogP contribution in [-0.4, -0.2) is 35.5 Å². The molecule has 0 spiro atoms. The summed E-state index contributed by atoms with van der Waals surface area (Å²) < 4.78 is 10.8. The summed E-state index contributed by atoms with van der Waals surface area (Å²) in [6.07, 6.45) is 0. The highest BCUT2D eigenvalue weighted by atomic mass is 16.5. The van der Waals surface area contributed by atoms with Gasteiger partial charge in [-0.3, -0.25) is 14.5 Å². The van der Waals surface area contributed by atoms with Gasteiger partial charge < -0.3 is 19.6 Å². The van der Waals surface area contributed by atoms with Crippen molar-refractivity contribution in [2.75, 3.05) is 18.6 Å². The van der Waals surface area contributed by atoms with E-state index in [0.717, 1.165) is 22.2 Å². The van der Waals surface area contributed by atoms with E-state index in [4.69, 9.17) is 9.47 Å². The molecule has 1 fully saturated rings. The first-order valence-electron chi connectivity index (χ1n) is 11.7. The molecule has 2 N–H and O–H groups in total. The minimum atomic E-state index is -0.832. The number of rotatable bonds is 6. The molecule has 7 nitrogen and oxygen atoms in total. The number of fused-ring (bicyclic) bond motifs is 1. The zero-order valence-electron chi connectivity index (χ0n) is 20.2. The number of amides is 1. The molecule has 4 aromatic rings. The Morgan fingerprint density at radius 2 is 1.64 bits per heavy atom. The highest BCUT2D eigenvalue weighted by molar-refractivity contribution is 6.52. The molecule has 1 aromatic heterocycles. The largest absolute Gasteiger partial charge is 0.507 e. The number of aliphatic hydroxyl groups is 1. The highest BCUT2D eigenvalue weighted by Gasteiger charge is 2.48. The summed E-state index contributed by atoms with van der Waals surface area (Å²) in [7, 11) is 1.56. The Labute approximate surface area is 208 Å². The van der Waals surface area contributed by atoms with Gasteiger partial charge in [-0.15, -0.1) is 0 Å². The predicted octanol–water partition coefficient (Wildman–Crippen LogP) is 5.51. The second-order valence-electron chi connectivity index (χ2n) is 8.53. The number of anilines is 1. The molecule has 0 aliphatic carbocycles. The summed E-state index contributed by atoms with van der Waals surface area (Å²) in [6.45, 7) is 4.30. The fourth-order valence-corrected chi connectivity index (χ4v) is 4.80. The number of hydrogen-bond acceptors (Lipinski definition) is 5. The van der Waals surface area contributed by atoms with E-state index in [2.05, 4.69) is 4.98 Å². The van der Waals surface area contributed by atoms with Crippen molar-refractivity contribution >= 4 is 34.0 Å². The lowest BCUT2D eigenvalue weighted by Gasteiger charge is -2.26. The number of carbonyl (C=O) groups excluding carboxylic acids is 2. The molecule has 182 valence electrons. The van der Waals surface area contributed by atoms with Crippen molar-refractivity contribution in [1.29, 1.82) is 0 Å². The second-order valence-corrected chi connectivity index (χ2v) is 8.53. The van der Waals surface area contributed by atoms with Gasteiger partial charge >= 0.3 is 0 Å². The van der Waals surface area contributed by atoms with E-state index in [1.54, 1.807) is 55.6 Å². The number of ether oxygens (including phenoxy) is 2. The summed E-state index contributed by atoms with van der Waals surface area (Å²) in [5.74, 6) is -0.405. The molecule has 3 aromatic carbocycles. The Morgan fingerprint density at radius 1 is 0.972 bits per heavy atom. The summed E-state index contributed by atoms with van der Waals surface area (Å²) >= 11 is 0. The van der Waals surface area contributed by atoms with E-state index < -0.39 is 17.7 Å². The van der Waals surface area contributed by atoms with Gasteiger partial charge in [-0.1, -0.05) is 18.2 Å².